The predicted molar refractivity (Wildman–Crippen MR) is 89.0 cm³/mol. The van der Waals surface area contributed by atoms with Crippen molar-refractivity contribution in [1.29, 1.82) is 0 Å². The van der Waals surface area contributed by atoms with Crippen molar-refractivity contribution in [3.63, 3.8) is 0 Å². The lowest BCUT2D eigenvalue weighted by Crippen LogP contribution is -2.34. The van der Waals surface area contributed by atoms with Crippen molar-refractivity contribution in [3.05, 3.63) is 26.6 Å². The second-order valence-corrected chi connectivity index (χ2v) is 7.98. The van der Waals surface area contributed by atoms with Crippen molar-refractivity contribution in [1.82, 2.24) is 4.31 Å². The molecule has 6 nitrogen and oxygen atoms in total. The van der Waals surface area contributed by atoms with E-state index in [2.05, 4.69) is 37.0 Å². The van der Waals surface area contributed by atoms with Crippen LogP contribution in [0.1, 0.15) is 18.9 Å². The topological polar surface area (TPSA) is 96.0 Å². The lowest BCUT2D eigenvalue weighted by atomic mass is 10.2. The van der Waals surface area contributed by atoms with Crippen LogP contribution in [-0.4, -0.2) is 36.9 Å². The molecule has 0 fully saturated rings. The zero-order chi connectivity index (χ0) is 16.2. The minimum absolute atomic E-state index is 0.00666. The summed E-state index contributed by atoms with van der Waals surface area (Å²) < 4.78 is 27.9. The summed E-state index contributed by atoms with van der Waals surface area (Å²) in [6, 6.07) is 3.31. The fraction of sp³-hybridized carbons (Fsp3) is 0.417. The summed E-state index contributed by atoms with van der Waals surface area (Å²) in [4.78, 5) is 0.182. The minimum Gasteiger partial charge on any atom is -0.409 e. The molecule has 1 aromatic carbocycles. The Labute approximate surface area is 141 Å². The smallest absolute Gasteiger partial charge is 0.244 e. The summed E-state index contributed by atoms with van der Waals surface area (Å²) in [6.45, 7) is 4.05. The SMILES string of the molecule is CCN(CC/C(N)=N/O)S(=O)(=O)c1cc(Br)c(C)cc1Br. The lowest BCUT2D eigenvalue weighted by Gasteiger charge is -2.21. The first kappa shape index (κ1) is 18.4. The molecule has 21 heavy (non-hydrogen) atoms. The molecule has 0 bridgehead atoms. The molecule has 0 atom stereocenters. The van der Waals surface area contributed by atoms with E-state index in [9.17, 15) is 8.42 Å². The Morgan fingerprint density at radius 3 is 2.52 bits per heavy atom. The zero-order valence-corrected chi connectivity index (χ0v) is 15.7. The van der Waals surface area contributed by atoms with Crippen LogP contribution in [0, 0.1) is 6.92 Å². The number of hydrogen-bond acceptors (Lipinski definition) is 4. The van der Waals surface area contributed by atoms with Crippen molar-refractivity contribution in [2.45, 2.75) is 25.2 Å². The molecule has 3 N–H and O–H groups in total. The van der Waals surface area contributed by atoms with Gasteiger partial charge in [0.25, 0.3) is 0 Å². The van der Waals surface area contributed by atoms with Crippen LogP contribution in [0.2, 0.25) is 0 Å². The number of oxime groups is 1. The molecule has 1 rings (SSSR count). The van der Waals surface area contributed by atoms with Crippen molar-refractivity contribution in [3.8, 4) is 0 Å². The quantitative estimate of drug-likeness (QED) is 0.306. The van der Waals surface area contributed by atoms with E-state index in [1.54, 1.807) is 19.1 Å². The van der Waals surface area contributed by atoms with Crippen molar-refractivity contribution in [2.24, 2.45) is 10.9 Å². The molecule has 0 saturated carbocycles. The van der Waals surface area contributed by atoms with E-state index < -0.39 is 10.0 Å². The highest BCUT2D eigenvalue weighted by Gasteiger charge is 2.26. The van der Waals surface area contributed by atoms with Gasteiger partial charge >= 0.3 is 0 Å². The largest absolute Gasteiger partial charge is 0.409 e. The molecule has 0 aromatic heterocycles. The summed E-state index contributed by atoms with van der Waals surface area (Å²) in [5, 5.41) is 11.4. The van der Waals surface area contributed by atoms with Gasteiger partial charge in [-0.25, -0.2) is 8.42 Å². The van der Waals surface area contributed by atoms with E-state index in [4.69, 9.17) is 10.9 Å². The fourth-order valence-corrected chi connectivity index (χ4v) is 4.79. The highest BCUT2D eigenvalue weighted by molar-refractivity contribution is 9.11. The van der Waals surface area contributed by atoms with Gasteiger partial charge in [-0.1, -0.05) is 28.0 Å². The molecule has 1 aromatic rings. The number of benzene rings is 1. The molecule has 0 saturated heterocycles. The van der Waals surface area contributed by atoms with Crippen molar-refractivity contribution in [2.75, 3.05) is 13.1 Å². The van der Waals surface area contributed by atoms with Gasteiger partial charge in [-0.05, 0) is 40.5 Å². The third-order valence-electron chi connectivity index (χ3n) is 2.93. The average molecular weight is 443 g/mol. The van der Waals surface area contributed by atoms with Crippen LogP contribution < -0.4 is 5.73 Å². The van der Waals surface area contributed by atoms with E-state index in [0.29, 0.717) is 11.0 Å². The Balaban J connectivity index is 3.16. The third-order valence-corrected chi connectivity index (χ3v) is 6.72. The van der Waals surface area contributed by atoms with E-state index in [-0.39, 0.29) is 23.7 Å². The number of sulfonamides is 1. The summed E-state index contributed by atoms with van der Waals surface area (Å²) in [5.41, 5.74) is 6.32. The maximum atomic E-state index is 12.7. The number of nitrogens with zero attached hydrogens (tertiary/aromatic N) is 2. The number of rotatable bonds is 6. The number of amidine groups is 1. The van der Waals surface area contributed by atoms with Gasteiger partial charge in [0.1, 0.15) is 5.84 Å². The monoisotopic (exact) mass is 441 g/mol. The highest BCUT2D eigenvalue weighted by Crippen LogP contribution is 2.30. The number of aryl methyl sites for hydroxylation is 1. The molecule has 9 heteroatoms. The summed E-state index contributed by atoms with van der Waals surface area (Å²) in [5.74, 6) is -0.00666. The van der Waals surface area contributed by atoms with Crippen LogP contribution in [-0.2, 0) is 10.0 Å². The molecule has 0 radical (unpaired) electrons. The van der Waals surface area contributed by atoms with Crippen LogP contribution in [0.5, 0.6) is 0 Å². The molecule has 0 heterocycles. The summed E-state index contributed by atoms with van der Waals surface area (Å²) >= 11 is 6.63. The first-order valence-electron chi connectivity index (χ1n) is 6.16. The Morgan fingerprint density at radius 1 is 1.38 bits per heavy atom. The third kappa shape index (κ3) is 4.41. The highest BCUT2D eigenvalue weighted by atomic mass is 79.9. The number of nitrogens with two attached hydrogens (primary N) is 1. The number of hydrogen-bond donors (Lipinski definition) is 2. The van der Waals surface area contributed by atoms with E-state index >= 15 is 0 Å². The van der Waals surface area contributed by atoms with Gasteiger partial charge in [-0.3, -0.25) is 0 Å². The van der Waals surface area contributed by atoms with Gasteiger partial charge in [0.2, 0.25) is 10.0 Å². The molecular weight excluding hydrogens is 426 g/mol. The maximum Gasteiger partial charge on any atom is 0.244 e. The Kier molecular flexibility index (Phi) is 6.64. The second kappa shape index (κ2) is 7.57. The van der Waals surface area contributed by atoms with Gasteiger partial charge in [-0.2, -0.15) is 4.31 Å². The van der Waals surface area contributed by atoms with Crippen molar-refractivity contribution < 1.29 is 13.6 Å². The summed E-state index contributed by atoms with van der Waals surface area (Å²) in [7, 11) is -3.66. The normalized spacial score (nSPS) is 12.9. The molecular formula is C12H17Br2N3O3S. The Bertz CT molecular complexity index is 647. The van der Waals surface area contributed by atoms with Crippen LogP contribution in [0.25, 0.3) is 0 Å². The van der Waals surface area contributed by atoms with E-state index in [0.717, 1.165) is 10.0 Å². The van der Waals surface area contributed by atoms with Crippen molar-refractivity contribution >= 4 is 47.7 Å². The average Bonchev–Trinajstić information content (AvgIpc) is 2.42. The second-order valence-electron chi connectivity index (χ2n) is 4.37. The standard InChI is InChI=1S/C12H17Br2N3O3S/c1-3-17(5-4-12(15)16-18)21(19,20)11-7-9(13)8(2)6-10(11)14/h6-7,18H,3-5H2,1-2H3,(H2,15,16). The predicted octanol–water partition coefficient (Wildman–Crippen LogP) is 2.67. The molecule has 118 valence electrons. The van der Waals surface area contributed by atoms with Gasteiger partial charge in [0, 0.05) is 28.5 Å². The van der Waals surface area contributed by atoms with Gasteiger partial charge in [0.05, 0.1) is 4.90 Å². The Hall–Kier alpha value is -0.640. The van der Waals surface area contributed by atoms with Gasteiger partial charge in [0.15, 0.2) is 0 Å². The lowest BCUT2D eigenvalue weighted by molar-refractivity contribution is 0.315. The zero-order valence-electron chi connectivity index (χ0n) is 11.7. The summed E-state index contributed by atoms with van der Waals surface area (Å²) in [6.07, 6.45) is 0.161. The minimum atomic E-state index is -3.66. The van der Waals surface area contributed by atoms with E-state index in [1.165, 1.54) is 4.31 Å². The first-order valence-corrected chi connectivity index (χ1v) is 9.18. The molecule has 0 spiro atoms. The molecule has 0 aliphatic carbocycles. The first-order chi connectivity index (χ1) is 9.73. The van der Waals surface area contributed by atoms with Gasteiger partial charge in [-0.15, -0.1) is 0 Å². The number of halogens is 2. The fourth-order valence-electron chi connectivity index (χ4n) is 1.70. The van der Waals surface area contributed by atoms with Crippen LogP contribution >= 0.6 is 31.9 Å². The molecule has 0 amide bonds. The molecule has 0 unspecified atom stereocenters. The maximum absolute atomic E-state index is 12.7. The molecule has 0 aliphatic heterocycles. The van der Waals surface area contributed by atoms with Crippen LogP contribution in [0.3, 0.4) is 0 Å². The molecule has 0 aliphatic rings. The van der Waals surface area contributed by atoms with E-state index in [1.807, 2.05) is 6.92 Å². The Morgan fingerprint density at radius 2 is 2.00 bits per heavy atom. The van der Waals surface area contributed by atoms with Crippen LogP contribution in [0.4, 0.5) is 0 Å². The van der Waals surface area contributed by atoms with Crippen LogP contribution in [0.15, 0.2) is 31.1 Å². The van der Waals surface area contributed by atoms with Gasteiger partial charge < -0.3 is 10.9 Å².